The fraction of sp³-hybridized carbons (Fsp3) is 0.200. The minimum Gasteiger partial charge on any atom is -0.491 e. The molecule has 0 saturated heterocycles. The second kappa shape index (κ2) is 5.32. The maximum Gasteiger partial charge on any atom is 0.291 e. The number of carbonyl (C=O) groups excluding carboxylic acids is 2. The lowest BCUT2D eigenvalue weighted by atomic mass is 10.2. The van der Waals surface area contributed by atoms with Crippen LogP contribution in [0.2, 0.25) is 0 Å². The molecule has 1 aliphatic heterocycles. The molecule has 1 aromatic carbocycles. The number of amides is 2. The van der Waals surface area contributed by atoms with Crippen molar-refractivity contribution in [1.82, 2.24) is 0 Å². The van der Waals surface area contributed by atoms with Gasteiger partial charge in [0, 0.05) is 12.7 Å². The van der Waals surface area contributed by atoms with Crippen LogP contribution in [-0.2, 0) is 4.79 Å². The molecule has 6 nitrogen and oxygen atoms in total. The molecule has 1 aromatic heterocycles. The first-order valence-electron chi connectivity index (χ1n) is 6.53. The third kappa shape index (κ3) is 2.60. The molecule has 0 radical (unpaired) electrons. The second-order valence-corrected chi connectivity index (χ2v) is 4.67. The molecule has 1 N–H and O–H groups in total. The van der Waals surface area contributed by atoms with Gasteiger partial charge in [-0.05, 0) is 30.3 Å². The monoisotopic (exact) mass is 286 g/mol. The average molecular weight is 286 g/mol. The molecule has 21 heavy (non-hydrogen) atoms. The third-order valence-electron chi connectivity index (χ3n) is 3.27. The van der Waals surface area contributed by atoms with Gasteiger partial charge in [-0.25, -0.2) is 0 Å². The van der Waals surface area contributed by atoms with Crippen LogP contribution in [0.4, 0.5) is 11.4 Å². The molecule has 0 fully saturated rings. The molecule has 1 aliphatic rings. The first-order chi connectivity index (χ1) is 10.1. The van der Waals surface area contributed by atoms with Crippen LogP contribution in [0.15, 0.2) is 41.0 Å². The van der Waals surface area contributed by atoms with Gasteiger partial charge in [-0.15, -0.1) is 0 Å². The fourth-order valence-corrected chi connectivity index (χ4v) is 2.13. The van der Waals surface area contributed by atoms with E-state index in [0.29, 0.717) is 30.2 Å². The van der Waals surface area contributed by atoms with Crippen LogP contribution in [0.3, 0.4) is 0 Å². The number of ether oxygens (including phenoxy) is 1. The zero-order valence-corrected chi connectivity index (χ0v) is 11.5. The van der Waals surface area contributed by atoms with Gasteiger partial charge < -0.3 is 19.4 Å². The van der Waals surface area contributed by atoms with E-state index in [-0.39, 0.29) is 17.6 Å². The largest absolute Gasteiger partial charge is 0.491 e. The molecular formula is C15H14N2O4. The summed E-state index contributed by atoms with van der Waals surface area (Å²) in [5, 5.41) is 2.72. The summed E-state index contributed by atoms with van der Waals surface area (Å²) < 4.78 is 10.6. The Kier molecular flexibility index (Phi) is 3.35. The molecule has 6 heteroatoms. The van der Waals surface area contributed by atoms with E-state index < -0.39 is 0 Å². The first-order valence-corrected chi connectivity index (χ1v) is 6.53. The van der Waals surface area contributed by atoms with Crippen LogP contribution in [0, 0.1) is 0 Å². The quantitative estimate of drug-likeness (QED) is 0.919. The van der Waals surface area contributed by atoms with Crippen LogP contribution in [0.25, 0.3) is 0 Å². The van der Waals surface area contributed by atoms with Crippen molar-refractivity contribution in [3.63, 3.8) is 0 Å². The van der Waals surface area contributed by atoms with Crippen molar-refractivity contribution in [2.45, 2.75) is 6.42 Å². The van der Waals surface area contributed by atoms with E-state index in [4.69, 9.17) is 9.15 Å². The lowest BCUT2D eigenvalue weighted by Crippen LogP contribution is -2.25. The van der Waals surface area contributed by atoms with E-state index in [1.165, 1.54) is 11.2 Å². The molecule has 3 rings (SSSR count). The van der Waals surface area contributed by atoms with Gasteiger partial charge in [-0.1, -0.05) is 0 Å². The maximum atomic E-state index is 11.9. The predicted molar refractivity (Wildman–Crippen MR) is 76.6 cm³/mol. The molecule has 0 spiro atoms. The standard InChI is InChI=1S/C15H14N2O4/c1-17-11-9-10(16-15(19)13-3-2-7-20-13)4-5-12(11)21-8-6-14(17)18/h2-5,7,9H,6,8H2,1H3,(H,16,19). The van der Waals surface area contributed by atoms with Crippen molar-refractivity contribution in [3.8, 4) is 5.75 Å². The number of fused-ring (bicyclic) bond motifs is 1. The van der Waals surface area contributed by atoms with Gasteiger partial charge in [0.15, 0.2) is 5.76 Å². The van der Waals surface area contributed by atoms with Gasteiger partial charge in [0.1, 0.15) is 5.75 Å². The van der Waals surface area contributed by atoms with E-state index in [0.717, 1.165) is 0 Å². The normalized spacial score (nSPS) is 14.1. The van der Waals surface area contributed by atoms with Crippen LogP contribution >= 0.6 is 0 Å². The molecule has 2 heterocycles. The van der Waals surface area contributed by atoms with Crippen LogP contribution in [0.5, 0.6) is 5.75 Å². The highest BCUT2D eigenvalue weighted by molar-refractivity contribution is 6.03. The maximum absolute atomic E-state index is 11.9. The molecule has 108 valence electrons. The number of nitrogens with zero attached hydrogens (tertiary/aromatic N) is 1. The Morgan fingerprint density at radius 1 is 1.33 bits per heavy atom. The molecule has 0 aliphatic carbocycles. The number of rotatable bonds is 2. The van der Waals surface area contributed by atoms with E-state index in [9.17, 15) is 9.59 Å². The van der Waals surface area contributed by atoms with Gasteiger partial charge in [-0.3, -0.25) is 9.59 Å². The Balaban J connectivity index is 1.87. The third-order valence-corrected chi connectivity index (χ3v) is 3.27. The molecule has 0 unspecified atom stereocenters. The van der Waals surface area contributed by atoms with E-state index >= 15 is 0 Å². The highest BCUT2D eigenvalue weighted by Gasteiger charge is 2.20. The Labute approximate surface area is 121 Å². The highest BCUT2D eigenvalue weighted by atomic mass is 16.5. The number of furan rings is 1. The topological polar surface area (TPSA) is 71.8 Å². The summed E-state index contributed by atoms with van der Waals surface area (Å²) in [7, 11) is 1.69. The molecule has 0 atom stereocenters. The van der Waals surface area contributed by atoms with Crippen molar-refractivity contribution in [2.24, 2.45) is 0 Å². The summed E-state index contributed by atoms with van der Waals surface area (Å²) in [4.78, 5) is 25.3. The molecule has 2 aromatic rings. The van der Waals surface area contributed by atoms with Crippen LogP contribution < -0.4 is 15.0 Å². The number of anilines is 2. The molecular weight excluding hydrogens is 272 g/mol. The minimum atomic E-state index is -0.344. The SMILES string of the molecule is CN1C(=O)CCOc2ccc(NC(=O)c3ccco3)cc21. The van der Waals surface area contributed by atoms with Crippen molar-refractivity contribution >= 4 is 23.2 Å². The van der Waals surface area contributed by atoms with E-state index in [2.05, 4.69) is 5.32 Å². The smallest absolute Gasteiger partial charge is 0.291 e. The summed E-state index contributed by atoms with van der Waals surface area (Å²) in [6.45, 7) is 0.355. The van der Waals surface area contributed by atoms with Gasteiger partial charge in [0.2, 0.25) is 5.91 Å². The zero-order chi connectivity index (χ0) is 14.8. The lowest BCUT2D eigenvalue weighted by molar-refractivity contribution is -0.118. The summed E-state index contributed by atoms with van der Waals surface area (Å²) >= 11 is 0. The van der Waals surface area contributed by atoms with Crippen molar-refractivity contribution in [2.75, 3.05) is 23.9 Å². The summed E-state index contributed by atoms with van der Waals surface area (Å²) in [6.07, 6.45) is 1.77. The van der Waals surface area contributed by atoms with Crippen molar-refractivity contribution in [1.29, 1.82) is 0 Å². The van der Waals surface area contributed by atoms with Gasteiger partial charge >= 0.3 is 0 Å². The molecule has 0 saturated carbocycles. The fourth-order valence-electron chi connectivity index (χ4n) is 2.13. The van der Waals surface area contributed by atoms with Crippen molar-refractivity contribution in [3.05, 3.63) is 42.4 Å². The highest BCUT2D eigenvalue weighted by Crippen LogP contribution is 2.33. The number of benzene rings is 1. The Hall–Kier alpha value is -2.76. The van der Waals surface area contributed by atoms with Crippen molar-refractivity contribution < 1.29 is 18.7 Å². The Bertz CT molecular complexity index is 679. The average Bonchev–Trinajstić information content (AvgIpc) is 2.97. The zero-order valence-electron chi connectivity index (χ0n) is 11.5. The van der Waals surface area contributed by atoms with Gasteiger partial charge in [0.25, 0.3) is 5.91 Å². The molecule has 2 amide bonds. The minimum absolute atomic E-state index is 0.0248. The summed E-state index contributed by atoms with van der Waals surface area (Å²) in [5.41, 5.74) is 1.20. The summed E-state index contributed by atoms with van der Waals surface area (Å²) in [5.74, 6) is 0.483. The summed E-state index contributed by atoms with van der Waals surface area (Å²) in [6, 6.07) is 8.40. The Morgan fingerprint density at radius 3 is 2.95 bits per heavy atom. The van der Waals surface area contributed by atoms with Crippen LogP contribution in [0.1, 0.15) is 17.0 Å². The first kappa shape index (κ1) is 13.2. The number of nitrogens with one attached hydrogen (secondary N) is 1. The lowest BCUT2D eigenvalue weighted by Gasteiger charge is -2.17. The predicted octanol–water partition coefficient (Wildman–Crippen LogP) is 2.28. The molecule has 0 bridgehead atoms. The van der Waals surface area contributed by atoms with E-state index in [1.54, 1.807) is 37.4 Å². The van der Waals surface area contributed by atoms with E-state index in [1.807, 2.05) is 0 Å². The van der Waals surface area contributed by atoms with Gasteiger partial charge in [0.05, 0.1) is 25.0 Å². The number of carbonyl (C=O) groups is 2. The second-order valence-electron chi connectivity index (χ2n) is 4.67. The number of hydrogen-bond donors (Lipinski definition) is 1. The van der Waals surface area contributed by atoms with Crippen LogP contribution in [-0.4, -0.2) is 25.5 Å². The number of hydrogen-bond acceptors (Lipinski definition) is 4. The van der Waals surface area contributed by atoms with Gasteiger partial charge in [-0.2, -0.15) is 0 Å². The Morgan fingerprint density at radius 2 is 2.19 bits per heavy atom.